The predicted octanol–water partition coefficient (Wildman–Crippen LogP) is 5.91. The number of carbonyl (C=O) groups excluding carboxylic acids is 1. The Bertz CT molecular complexity index is 1210. The van der Waals surface area contributed by atoms with E-state index in [1.165, 1.54) is 0 Å². The Morgan fingerprint density at radius 1 is 1.17 bits per heavy atom. The topological polar surface area (TPSA) is 77.3 Å². The lowest BCUT2D eigenvalue weighted by atomic mass is 10.1. The number of halogens is 2. The van der Waals surface area contributed by atoms with Crippen LogP contribution in [-0.2, 0) is 4.79 Å². The van der Waals surface area contributed by atoms with E-state index in [2.05, 4.69) is 15.3 Å². The fourth-order valence-electron chi connectivity index (χ4n) is 2.88. The van der Waals surface area contributed by atoms with Gasteiger partial charge in [-0.05, 0) is 67.9 Å². The molecule has 4 rings (SSSR count). The number of nitrogens with one attached hydrogen (secondary N) is 1. The van der Waals surface area contributed by atoms with Gasteiger partial charge in [0.1, 0.15) is 5.75 Å². The lowest BCUT2D eigenvalue weighted by molar-refractivity contribution is -0.122. The maximum atomic E-state index is 12.6. The van der Waals surface area contributed by atoms with Gasteiger partial charge in [0.05, 0.1) is 5.02 Å². The highest BCUT2D eigenvalue weighted by Crippen LogP contribution is 2.29. The van der Waals surface area contributed by atoms with E-state index in [9.17, 15) is 4.79 Å². The van der Waals surface area contributed by atoms with E-state index in [1.807, 2.05) is 25.1 Å². The Morgan fingerprint density at radius 2 is 2.00 bits per heavy atom. The number of aromatic nitrogens is 2. The van der Waals surface area contributed by atoms with Crippen molar-refractivity contribution >= 4 is 46.0 Å². The number of benzene rings is 2. The van der Waals surface area contributed by atoms with Crippen LogP contribution in [0.2, 0.25) is 10.0 Å². The maximum absolute atomic E-state index is 12.6. The zero-order chi connectivity index (χ0) is 21.3. The molecule has 0 aliphatic carbocycles. The first kappa shape index (κ1) is 20.2. The molecule has 8 heteroatoms. The molecule has 0 saturated heterocycles. The van der Waals surface area contributed by atoms with E-state index in [4.69, 9.17) is 32.4 Å². The summed E-state index contributed by atoms with van der Waals surface area (Å²) < 4.78 is 11.4. The van der Waals surface area contributed by atoms with Gasteiger partial charge in [0.15, 0.2) is 17.3 Å². The van der Waals surface area contributed by atoms with Crippen molar-refractivity contribution in [1.82, 2.24) is 9.97 Å². The fourth-order valence-corrected chi connectivity index (χ4v) is 3.33. The van der Waals surface area contributed by atoms with Gasteiger partial charge in [-0.15, -0.1) is 0 Å². The number of pyridine rings is 1. The van der Waals surface area contributed by atoms with Crippen LogP contribution < -0.4 is 10.1 Å². The monoisotopic (exact) mass is 441 g/mol. The van der Waals surface area contributed by atoms with Crippen LogP contribution in [0, 0.1) is 6.92 Å². The standard InChI is InChI=1S/C22H17Cl2N3O3/c1-12-10-14(22-27-20-19(30-22)4-3-9-25-20)5-7-17(12)26-21(28)13(2)29-18-8-6-15(23)11-16(18)24/h3-11,13H,1-2H3,(H,26,28). The van der Waals surface area contributed by atoms with Gasteiger partial charge in [0.2, 0.25) is 5.89 Å². The Balaban J connectivity index is 1.48. The summed E-state index contributed by atoms with van der Waals surface area (Å²) in [6, 6.07) is 14.0. The van der Waals surface area contributed by atoms with Crippen molar-refractivity contribution in [2.75, 3.05) is 5.32 Å². The van der Waals surface area contributed by atoms with Gasteiger partial charge in [-0.1, -0.05) is 23.2 Å². The number of oxazole rings is 1. The van der Waals surface area contributed by atoms with Crippen LogP contribution in [0.25, 0.3) is 22.7 Å². The number of hydrogen-bond acceptors (Lipinski definition) is 5. The van der Waals surface area contributed by atoms with Gasteiger partial charge < -0.3 is 14.5 Å². The minimum atomic E-state index is -0.758. The summed E-state index contributed by atoms with van der Waals surface area (Å²) in [4.78, 5) is 21.2. The SMILES string of the molecule is Cc1cc(-c2nc3ncccc3o2)ccc1NC(=O)C(C)Oc1ccc(Cl)cc1Cl. The highest BCUT2D eigenvalue weighted by molar-refractivity contribution is 6.35. The molecule has 0 aliphatic rings. The second-order valence-corrected chi connectivity index (χ2v) is 7.54. The van der Waals surface area contributed by atoms with Gasteiger partial charge in [0, 0.05) is 22.5 Å². The first-order chi connectivity index (χ1) is 14.4. The van der Waals surface area contributed by atoms with Crippen LogP contribution in [0.1, 0.15) is 12.5 Å². The number of nitrogens with zero attached hydrogens (tertiary/aromatic N) is 2. The second-order valence-electron chi connectivity index (χ2n) is 6.70. The molecule has 0 fully saturated rings. The number of anilines is 1. The first-order valence-electron chi connectivity index (χ1n) is 9.16. The molecule has 1 N–H and O–H groups in total. The van der Waals surface area contributed by atoms with Gasteiger partial charge >= 0.3 is 0 Å². The van der Waals surface area contributed by atoms with Gasteiger partial charge in [-0.25, -0.2) is 4.98 Å². The zero-order valence-electron chi connectivity index (χ0n) is 16.1. The second kappa shape index (κ2) is 8.34. The Morgan fingerprint density at radius 3 is 2.73 bits per heavy atom. The molecule has 2 aromatic carbocycles. The number of fused-ring (bicyclic) bond motifs is 1. The smallest absolute Gasteiger partial charge is 0.265 e. The molecule has 2 aromatic heterocycles. The summed E-state index contributed by atoms with van der Waals surface area (Å²) >= 11 is 12.0. The number of aryl methyl sites for hydroxylation is 1. The molecular formula is C22H17Cl2N3O3. The maximum Gasteiger partial charge on any atom is 0.265 e. The molecule has 0 aliphatic heterocycles. The Labute approximate surface area is 182 Å². The molecule has 1 atom stereocenters. The minimum absolute atomic E-state index is 0.303. The Kier molecular flexibility index (Phi) is 5.61. The summed E-state index contributed by atoms with van der Waals surface area (Å²) in [7, 11) is 0. The molecule has 30 heavy (non-hydrogen) atoms. The molecule has 0 bridgehead atoms. The normalized spacial score (nSPS) is 12.0. The minimum Gasteiger partial charge on any atom is -0.479 e. The first-order valence-corrected chi connectivity index (χ1v) is 9.91. The summed E-state index contributed by atoms with van der Waals surface area (Å²) in [5, 5.41) is 3.71. The van der Waals surface area contributed by atoms with E-state index >= 15 is 0 Å². The van der Waals surface area contributed by atoms with Crippen molar-refractivity contribution in [3.8, 4) is 17.2 Å². The van der Waals surface area contributed by atoms with Gasteiger partial charge in [-0.3, -0.25) is 4.79 Å². The summed E-state index contributed by atoms with van der Waals surface area (Å²) in [6.45, 7) is 3.54. The molecule has 6 nitrogen and oxygen atoms in total. The lowest BCUT2D eigenvalue weighted by Crippen LogP contribution is -2.30. The third kappa shape index (κ3) is 4.25. The average molecular weight is 442 g/mol. The summed E-state index contributed by atoms with van der Waals surface area (Å²) in [6.07, 6.45) is 0.907. The van der Waals surface area contributed by atoms with Crippen molar-refractivity contribution in [2.24, 2.45) is 0 Å². The Hall–Kier alpha value is -3.09. The predicted molar refractivity (Wildman–Crippen MR) is 117 cm³/mol. The highest BCUT2D eigenvalue weighted by Gasteiger charge is 2.18. The molecule has 1 amide bonds. The molecule has 0 saturated carbocycles. The number of rotatable bonds is 5. The van der Waals surface area contributed by atoms with Crippen molar-refractivity contribution in [1.29, 1.82) is 0 Å². The lowest BCUT2D eigenvalue weighted by Gasteiger charge is -2.17. The third-order valence-corrected chi connectivity index (χ3v) is 4.99. The fraction of sp³-hybridized carbons (Fsp3) is 0.136. The zero-order valence-corrected chi connectivity index (χ0v) is 17.7. The van der Waals surface area contributed by atoms with Crippen LogP contribution in [0.15, 0.2) is 59.1 Å². The van der Waals surface area contributed by atoms with E-state index < -0.39 is 6.10 Å². The van der Waals surface area contributed by atoms with E-state index in [-0.39, 0.29) is 5.91 Å². The quantitative estimate of drug-likeness (QED) is 0.416. The molecule has 0 spiro atoms. The van der Waals surface area contributed by atoms with E-state index in [0.29, 0.717) is 38.6 Å². The van der Waals surface area contributed by atoms with Crippen molar-refractivity contribution < 1.29 is 13.9 Å². The molecule has 0 radical (unpaired) electrons. The van der Waals surface area contributed by atoms with Crippen molar-refractivity contribution in [3.63, 3.8) is 0 Å². The van der Waals surface area contributed by atoms with Crippen LogP contribution in [0.4, 0.5) is 5.69 Å². The van der Waals surface area contributed by atoms with E-state index in [1.54, 1.807) is 43.5 Å². The molecule has 1 unspecified atom stereocenters. The molecule has 152 valence electrons. The summed E-state index contributed by atoms with van der Waals surface area (Å²) in [5.74, 6) is 0.557. The van der Waals surface area contributed by atoms with Gasteiger partial charge in [0.25, 0.3) is 5.91 Å². The number of amides is 1. The van der Waals surface area contributed by atoms with Gasteiger partial charge in [-0.2, -0.15) is 4.98 Å². The largest absolute Gasteiger partial charge is 0.479 e. The molecular weight excluding hydrogens is 425 g/mol. The number of hydrogen-bond donors (Lipinski definition) is 1. The summed E-state index contributed by atoms with van der Waals surface area (Å²) in [5.41, 5.74) is 3.48. The molecule has 4 aromatic rings. The third-order valence-electron chi connectivity index (χ3n) is 4.46. The van der Waals surface area contributed by atoms with Crippen molar-refractivity contribution in [2.45, 2.75) is 20.0 Å². The highest BCUT2D eigenvalue weighted by atomic mass is 35.5. The average Bonchev–Trinajstić information content (AvgIpc) is 3.15. The van der Waals surface area contributed by atoms with Crippen LogP contribution >= 0.6 is 23.2 Å². The number of ether oxygens (including phenoxy) is 1. The van der Waals surface area contributed by atoms with Crippen LogP contribution in [-0.4, -0.2) is 22.0 Å². The van der Waals surface area contributed by atoms with Crippen LogP contribution in [0.3, 0.4) is 0 Å². The number of carbonyl (C=O) groups is 1. The van der Waals surface area contributed by atoms with Crippen molar-refractivity contribution in [3.05, 3.63) is 70.3 Å². The molecule has 2 heterocycles. The van der Waals surface area contributed by atoms with Crippen LogP contribution in [0.5, 0.6) is 5.75 Å². The van der Waals surface area contributed by atoms with E-state index in [0.717, 1.165) is 11.1 Å².